The van der Waals surface area contributed by atoms with Crippen LogP contribution in [0.4, 0.5) is 0 Å². The molecule has 2 heteroatoms. The van der Waals surface area contributed by atoms with E-state index in [0.29, 0.717) is 0 Å². The van der Waals surface area contributed by atoms with E-state index in [2.05, 4.69) is 11.9 Å². The fraction of sp³-hybridized carbons (Fsp3) is 0.615. The van der Waals surface area contributed by atoms with Gasteiger partial charge in [0, 0.05) is 6.20 Å². The maximum absolute atomic E-state index is 5.26. The lowest BCUT2D eigenvalue weighted by Crippen LogP contribution is -1.95. The highest BCUT2D eigenvalue weighted by atomic mass is 16.5. The second-order valence-electron chi connectivity index (χ2n) is 3.82. The van der Waals surface area contributed by atoms with Gasteiger partial charge < -0.3 is 4.74 Å². The molecule has 0 aromatic carbocycles. The molecule has 0 radical (unpaired) electrons. The first kappa shape index (κ1) is 12.0. The van der Waals surface area contributed by atoms with Crippen molar-refractivity contribution in [2.24, 2.45) is 0 Å². The SMILES string of the molecule is CCCCCCCc1ncccc1OC. The Morgan fingerprint density at radius 1 is 1.20 bits per heavy atom. The van der Waals surface area contributed by atoms with E-state index in [9.17, 15) is 0 Å². The van der Waals surface area contributed by atoms with Crippen molar-refractivity contribution in [2.45, 2.75) is 45.4 Å². The molecule has 0 saturated carbocycles. The Kier molecular flexibility index (Phi) is 5.83. The molecule has 0 fully saturated rings. The van der Waals surface area contributed by atoms with Crippen LogP contribution in [0.3, 0.4) is 0 Å². The molecule has 0 aliphatic rings. The molecule has 0 saturated heterocycles. The lowest BCUT2D eigenvalue weighted by atomic mass is 10.1. The maximum atomic E-state index is 5.26. The Morgan fingerprint density at radius 2 is 2.00 bits per heavy atom. The van der Waals surface area contributed by atoms with Gasteiger partial charge in [0.1, 0.15) is 5.75 Å². The molecule has 0 aliphatic carbocycles. The number of unbranched alkanes of at least 4 members (excludes halogenated alkanes) is 4. The number of rotatable bonds is 7. The minimum Gasteiger partial charge on any atom is -0.495 e. The molecule has 0 unspecified atom stereocenters. The van der Waals surface area contributed by atoms with Crippen LogP contribution >= 0.6 is 0 Å². The van der Waals surface area contributed by atoms with E-state index < -0.39 is 0 Å². The summed E-state index contributed by atoms with van der Waals surface area (Å²) < 4.78 is 5.26. The third-order valence-corrected chi connectivity index (χ3v) is 2.59. The Hall–Kier alpha value is -1.05. The van der Waals surface area contributed by atoms with E-state index in [1.165, 1.54) is 32.1 Å². The van der Waals surface area contributed by atoms with E-state index in [0.717, 1.165) is 17.9 Å². The van der Waals surface area contributed by atoms with Crippen molar-refractivity contribution in [2.75, 3.05) is 7.11 Å². The number of methoxy groups -OCH3 is 1. The number of nitrogens with zero attached hydrogens (tertiary/aromatic N) is 1. The lowest BCUT2D eigenvalue weighted by molar-refractivity contribution is 0.405. The molecule has 0 N–H and O–H groups in total. The minimum atomic E-state index is 0.924. The lowest BCUT2D eigenvalue weighted by Gasteiger charge is -2.06. The number of aryl methyl sites for hydroxylation is 1. The number of ether oxygens (including phenoxy) is 1. The molecule has 2 nitrogen and oxygen atoms in total. The van der Waals surface area contributed by atoms with Gasteiger partial charge in [-0.1, -0.05) is 32.6 Å². The van der Waals surface area contributed by atoms with Crippen LogP contribution in [0.15, 0.2) is 18.3 Å². The van der Waals surface area contributed by atoms with Gasteiger partial charge >= 0.3 is 0 Å². The molecule has 0 amide bonds. The van der Waals surface area contributed by atoms with Gasteiger partial charge in [-0.3, -0.25) is 4.98 Å². The molecule has 84 valence electrons. The molecule has 0 bridgehead atoms. The average molecular weight is 207 g/mol. The van der Waals surface area contributed by atoms with Crippen molar-refractivity contribution in [1.29, 1.82) is 0 Å². The number of aromatic nitrogens is 1. The highest BCUT2D eigenvalue weighted by Gasteiger charge is 2.02. The summed E-state index contributed by atoms with van der Waals surface area (Å²) in [5.41, 5.74) is 1.09. The van der Waals surface area contributed by atoms with Crippen LogP contribution in [0.1, 0.15) is 44.7 Å². The Balaban J connectivity index is 2.30. The third-order valence-electron chi connectivity index (χ3n) is 2.59. The molecule has 15 heavy (non-hydrogen) atoms. The summed E-state index contributed by atoms with van der Waals surface area (Å²) in [6.07, 6.45) is 9.37. The fourth-order valence-corrected chi connectivity index (χ4v) is 1.69. The summed E-state index contributed by atoms with van der Waals surface area (Å²) in [5, 5.41) is 0. The quantitative estimate of drug-likeness (QED) is 0.637. The summed E-state index contributed by atoms with van der Waals surface area (Å²) >= 11 is 0. The van der Waals surface area contributed by atoms with Crippen LogP contribution in [-0.2, 0) is 6.42 Å². The number of hydrogen-bond acceptors (Lipinski definition) is 2. The van der Waals surface area contributed by atoms with Gasteiger partial charge in [-0.15, -0.1) is 0 Å². The van der Waals surface area contributed by atoms with Crippen LogP contribution < -0.4 is 4.74 Å². The van der Waals surface area contributed by atoms with Gasteiger partial charge in [-0.05, 0) is 25.0 Å². The minimum absolute atomic E-state index is 0.924. The van der Waals surface area contributed by atoms with Crippen molar-refractivity contribution in [3.05, 3.63) is 24.0 Å². The van der Waals surface area contributed by atoms with E-state index in [1.807, 2.05) is 18.3 Å². The Labute approximate surface area is 92.7 Å². The fourth-order valence-electron chi connectivity index (χ4n) is 1.69. The van der Waals surface area contributed by atoms with E-state index >= 15 is 0 Å². The van der Waals surface area contributed by atoms with Gasteiger partial charge in [0.05, 0.1) is 12.8 Å². The van der Waals surface area contributed by atoms with Gasteiger partial charge in [-0.25, -0.2) is 0 Å². The molecule has 0 spiro atoms. The monoisotopic (exact) mass is 207 g/mol. The van der Waals surface area contributed by atoms with Crippen molar-refractivity contribution in [3.8, 4) is 5.75 Å². The van der Waals surface area contributed by atoms with Crippen LogP contribution in [-0.4, -0.2) is 12.1 Å². The van der Waals surface area contributed by atoms with Crippen LogP contribution in [0.5, 0.6) is 5.75 Å². The van der Waals surface area contributed by atoms with Crippen LogP contribution in [0, 0.1) is 0 Å². The van der Waals surface area contributed by atoms with Crippen LogP contribution in [0.2, 0.25) is 0 Å². The Bertz CT molecular complexity index is 273. The molecule has 0 aliphatic heterocycles. The molecule has 1 rings (SSSR count). The zero-order valence-corrected chi connectivity index (χ0v) is 9.83. The van der Waals surface area contributed by atoms with Crippen molar-refractivity contribution < 1.29 is 4.74 Å². The topological polar surface area (TPSA) is 22.1 Å². The zero-order chi connectivity index (χ0) is 10.9. The molecule has 1 aromatic rings. The highest BCUT2D eigenvalue weighted by Crippen LogP contribution is 2.17. The second kappa shape index (κ2) is 7.27. The van der Waals surface area contributed by atoms with Gasteiger partial charge in [-0.2, -0.15) is 0 Å². The normalized spacial score (nSPS) is 10.3. The zero-order valence-electron chi connectivity index (χ0n) is 9.83. The van der Waals surface area contributed by atoms with Gasteiger partial charge in [0.2, 0.25) is 0 Å². The first-order valence-electron chi connectivity index (χ1n) is 5.86. The molecular weight excluding hydrogens is 186 g/mol. The number of hydrogen-bond donors (Lipinski definition) is 0. The summed E-state index contributed by atoms with van der Waals surface area (Å²) in [5.74, 6) is 0.924. The standard InChI is InChI=1S/C13H21NO/c1-3-4-5-6-7-9-12-13(15-2)10-8-11-14-12/h8,10-11H,3-7,9H2,1-2H3. The molecular formula is C13H21NO. The average Bonchev–Trinajstić information content (AvgIpc) is 2.29. The van der Waals surface area contributed by atoms with E-state index in [1.54, 1.807) is 7.11 Å². The van der Waals surface area contributed by atoms with E-state index in [4.69, 9.17) is 4.74 Å². The Morgan fingerprint density at radius 3 is 2.73 bits per heavy atom. The third kappa shape index (κ3) is 4.32. The second-order valence-corrected chi connectivity index (χ2v) is 3.82. The summed E-state index contributed by atoms with van der Waals surface area (Å²) in [6.45, 7) is 2.24. The van der Waals surface area contributed by atoms with Crippen LogP contribution in [0.25, 0.3) is 0 Å². The first-order valence-corrected chi connectivity index (χ1v) is 5.86. The summed E-state index contributed by atoms with van der Waals surface area (Å²) in [6, 6.07) is 3.90. The first-order chi connectivity index (χ1) is 7.38. The predicted molar refractivity (Wildman–Crippen MR) is 63.3 cm³/mol. The molecule has 1 heterocycles. The highest BCUT2D eigenvalue weighted by molar-refractivity contribution is 5.26. The van der Waals surface area contributed by atoms with E-state index in [-0.39, 0.29) is 0 Å². The smallest absolute Gasteiger partial charge is 0.140 e. The summed E-state index contributed by atoms with van der Waals surface area (Å²) in [4.78, 5) is 4.34. The van der Waals surface area contributed by atoms with Crippen molar-refractivity contribution >= 4 is 0 Å². The van der Waals surface area contributed by atoms with Crippen molar-refractivity contribution in [3.63, 3.8) is 0 Å². The largest absolute Gasteiger partial charge is 0.495 e. The van der Waals surface area contributed by atoms with Gasteiger partial charge in [0.25, 0.3) is 0 Å². The maximum Gasteiger partial charge on any atom is 0.140 e. The number of pyridine rings is 1. The molecule has 1 aromatic heterocycles. The molecule has 0 atom stereocenters. The van der Waals surface area contributed by atoms with Crippen molar-refractivity contribution in [1.82, 2.24) is 4.98 Å². The predicted octanol–water partition coefficient (Wildman–Crippen LogP) is 3.60. The van der Waals surface area contributed by atoms with Gasteiger partial charge in [0.15, 0.2) is 0 Å². The summed E-state index contributed by atoms with van der Waals surface area (Å²) in [7, 11) is 1.71.